The van der Waals surface area contributed by atoms with Crippen molar-refractivity contribution in [2.24, 2.45) is 0 Å². The zero-order valence-corrected chi connectivity index (χ0v) is 14.6. The molecular formula is C22H25NO2. The van der Waals surface area contributed by atoms with Crippen LogP contribution in [0, 0.1) is 0 Å². The number of hydrogen-bond acceptors (Lipinski definition) is 3. The number of benzene rings is 2. The van der Waals surface area contributed by atoms with E-state index in [2.05, 4.69) is 47.4 Å². The van der Waals surface area contributed by atoms with Crippen molar-refractivity contribution in [3.8, 4) is 11.5 Å². The predicted octanol–water partition coefficient (Wildman–Crippen LogP) is 4.32. The summed E-state index contributed by atoms with van der Waals surface area (Å²) < 4.78 is 11.3. The van der Waals surface area contributed by atoms with Gasteiger partial charge in [0.05, 0.1) is 0 Å². The van der Waals surface area contributed by atoms with Crippen molar-refractivity contribution in [3.63, 3.8) is 0 Å². The summed E-state index contributed by atoms with van der Waals surface area (Å²) >= 11 is 0. The van der Waals surface area contributed by atoms with E-state index >= 15 is 0 Å². The maximum atomic E-state index is 5.75. The lowest BCUT2D eigenvalue weighted by Gasteiger charge is -2.30. The van der Waals surface area contributed by atoms with Gasteiger partial charge < -0.3 is 14.4 Å². The number of likely N-dealkylation sites (tertiary alicyclic amines) is 1. The lowest BCUT2D eigenvalue weighted by Crippen LogP contribution is -2.28. The third-order valence-electron chi connectivity index (χ3n) is 6.12. The van der Waals surface area contributed by atoms with Crippen molar-refractivity contribution in [1.29, 1.82) is 0 Å². The number of rotatable bonds is 3. The molecule has 2 aromatic carbocycles. The van der Waals surface area contributed by atoms with Gasteiger partial charge in [-0.15, -0.1) is 0 Å². The van der Waals surface area contributed by atoms with E-state index in [-0.39, 0.29) is 0 Å². The molecule has 1 saturated heterocycles. The van der Waals surface area contributed by atoms with Gasteiger partial charge in [-0.25, -0.2) is 0 Å². The third-order valence-corrected chi connectivity index (χ3v) is 6.12. The Labute approximate surface area is 149 Å². The molecule has 1 aliphatic carbocycles. The molecule has 3 heteroatoms. The summed E-state index contributed by atoms with van der Waals surface area (Å²) in [5.41, 5.74) is 4.40. The van der Waals surface area contributed by atoms with Crippen LogP contribution < -0.4 is 9.47 Å². The first-order chi connectivity index (χ1) is 12.4. The number of nitrogens with zero attached hydrogens (tertiary/aromatic N) is 1. The Morgan fingerprint density at radius 2 is 1.92 bits per heavy atom. The summed E-state index contributed by atoms with van der Waals surface area (Å²) in [6, 6.07) is 15.4. The van der Waals surface area contributed by atoms with Gasteiger partial charge in [0.15, 0.2) is 11.5 Å². The summed E-state index contributed by atoms with van der Waals surface area (Å²) in [4.78, 5) is 2.67. The van der Waals surface area contributed by atoms with Crippen molar-refractivity contribution in [1.82, 2.24) is 4.90 Å². The van der Waals surface area contributed by atoms with Gasteiger partial charge in [0.1, 0.15) is 0 Å². The van der Waals surface area contributed by atoms with E-state index in [1.165, 1.54) is 55.6 Å². The molecule has 25 heavy (non-hydrogen) atoms. The van der Waals surface area contributed by atoms with Crippen LogP contribution in [0.3, 0.4) is 0 Å². The van der Waals surface area contributed by atoms with Crippen molar-refractivity contribution in [2.75, 3.05) is 26.4 Å². The van der Waals surface area contributed by atoms with Gasteiger partial charge in [0.2, 0.25) is 6.79 Å². The fourth-order valence-electron chi connectivity index (χ4n) is 4.86. The predicted molar refractivity (Wildman–Crippen MR) is 98.5 cm³/mol. The molecule has 3 nitrogen and oxygen atoms in total. The summed E-state index contributed by atoms with van der Waals surface area (Å²) in [5.74, 6) is 3.28. The van der Waals surface area contributed by atoms with Crippen LogP contribution in [0.2, 0.25) is 0 Å². The Morgan fingerprint density at radius 1 is 1.00 bits per heavy atom. The molecule has 2 heterocycles. The number of fused-ring (bicyclic) bond motifs is 3. The topological polar surface area (TPSA) is 21.7 Å². The van der Waals surface area contributed by atoms with Gasteiger partial charge in [-0.3, -0.25) is 0 Å². The number of hydrogen-bond donors (Lipinski definition) is 0. The molecule has 0 radical (unpaired) electrons. The lowest BCUT2D eigenvalue weighted by molar-refractivity contribution is 0.173. The largest absolute Gasteiger partial charge is 0.454 e. The minimum absolute atomic E-state index is 0.376. The Balaban J connectivity index is 1.32. The minimum atomic E-state index is 0.376. The smallest absolute Gasteiger partial charge is 0.231 e. The van der Waals surface area contributed by atoms with Crippen molar-refractivity contribution < 1.29 is 9.47 Å². The van der Waals surface area contributed by atoms with Gasteiger partial charge in [-0.1, -0.05) is 36.4 Å². The second kappa shape index (κ2) is 6.38. The quantitative estimate of drug-likeness (QED) is 0.833. The van der Waals surface area contributed by atoms with E-state index in [1.807, 2.05) is 0 Å². The molecular weight excluding hydrogens is 310 g/mol. The molecule has 3 aliphatic rings. The van der Waals surface area contributed by atoms with Gasteiger partial charge in [-0.2, -0.15) is 0 Å². The molecule has 2 atom stereocenters. The molecule has 0 amide bonds. The summed E-state index contributed by atoms with van der Waals surface area (Å²) in [6.45, 7) is 3.97. The fourth-order valence-corrected chi connectivity index (χ4v) is 4.86. The summed E-state index contributed by atoms with van der Waals surface area (Å²) in [7, 11) is 0. The van der Waals surface area contributed by atoms with Crippen molar-refractivity contribution in [2.45, 2.75) is 37.5 Å². The second-order valence-corrected chi connectivity index (χ2v) is 7.61. The minimum Gasteiger partial charge on any atom is -0.454 e. The van der Waals surface area contributed by atoms with Crippen LogP contribution in [-0.2, 0) is 6.42 Å². The van der Waals surface area contributed by atoms with E-state index < -0.39 is 0 Å². The molecule has 130 valence electrons. The van der Waals surface area contributed by atoms with Crippen LogP contribution in [-0.4, -0.2) is 31.3 Å². The monoisotopic (exact) mass is 335 g/mol. The summed E-state index contributed by atoms with van der Waals surface area (Å²) in [6.07, 6.45) is 4.96. The molecule has 0 N–H and O–H groups in total. The molecule has 2 aliphatic heterocycles. The molecule has 5 rings (SSSR count). The third kappa shape index (κ3) is 2.81. The first kappa shape index (κ1) is 15.3. The Hall–Kier alpha value is -2.00. The second-order valence-electron chi connectivity index (χ2n) is 7.61. The van der Waals surface area contributed by atoms with Gasteiger partial charge >= 0.3 is 0 Å². The first-order valence-electron chi connectivity index (χ1n) is 9.57. The molecule has 0 saturated carbocycles. The average Bonchev–Trinajstić information content (AvgIpc) is 3.32. The van der Waals surface area contributed by atoms with Gasteiger partial charge in [-0.05, 0) is 61.3 Å². The van der Waals surface area contributed by atoms with E-state index in [0.29, 0.717) is 18.6 Å². The molecule has 0 bridgehead atoms. The standard InChI is InChI=1S/C22H25NO2/c1-2-5-16(6-3-1)17-11-12-23(13-17)14-18-7-4-8-20-19(18)9-10-21-22(20)25-15-24-21/h1-3,5-6,9-10,17-18H,4,7-8,11-15H2/t17-,18-/m0/s1. The highest BCUT2D eigenvalue weighted by atomic mass is 16.7. The zero-order chi connectivity index (χ0) is 16.6. The van der Waals surface area contributed by atoms with Crippen LogP contribution >= 0.6 is 0 Å². The normalized spacial score (nSPS) is 25.1. The van der Waals surface area contributed by atoms with Crippen LogP contribution in [0.15, 0.2) is 42.5 Å². The highest BCUT2D eigenvalue weighted by Gasteiger charge is 2.31. The van der Waals surface area contributed by atoms with Crippen LogP contribution in [0.5, 0.6) is 11.5 Å². The van der Waals surface area contributed by atoms with Crippen LogP contribution in [0.1, 0.15) is 47.8 Å². The summed E-state index contributed by atoms with van der Waals surface area (Å²) in [5, 5.41) is 0. The molecule has 2 aromatic rings. The van der Waals surface area contributed by atoms with Gasteiger partial charge in [0, 0.05) is 18.7 Å². The van der Waals surface area contributed by atoms with Crippen molar-refractivity contribution >= 4 is 0 Å². The van der Waals surface area contributed by atoms with E-state index in [0.717, 1.165) is 17.9 Å². The Bertz CT molecular complexity index is 758. The van der Waals surface area contributed by atoms with E-state index in [4.69, 9.17) is 9.47 Å². The van der Waals surface area contributed by atoms with E-state index in [9.17, 15) is 0 Å². The highest BCUT2D eigenvalue weighted by molar-refractivity contribution is 5.54. The Morgan fingerprint density at radius 3 is 2.84 bits per heavy atom. The maximum absolute atomic E-state index is 5.75. The molecule has 0 aromatic heterocycles. The lowest BCUT2D eigenvalue weighted by atomic mass is 9.82. The first-order valence-corrected chi connectivity index (χ1v) is 9.57. The maximum Gasteiger partial charge on any atom is 0.231 e. The highest BCUT2D eigenvalue weighted by Crippen LogP contribution is 2.44. The number of ether oxygens (including phenoxy) is 2. The fraction of sp³-hybridized carbons (Fsp3) is 0.455. The Kier molecular flexibility index (Phi) is 3.90. The molecule has 0 spiro atoms. The molecule has 0 unspecified atom stereocenters. The molecule has 1 fully saturated rings. The zero-order valence-electron chi connectivity index (χ0n) is 14.6. The van der Waals surface area contributed by atoms with E-state index in [1.54, 1.807) is 0 Å². The van der Waals surface area contributed by atoms with Crippen LogP contribution in [0.25, 0.3) is 0 Å². The van der Waals surface area contributed by atoms with Crippen LogP contribution in [0.4, 0.5) is 0 Å². The van der Waals surface area contributed by atoms with Gasteiger partial charge in [0.25, 0.3) is 0 Å². The van der Waals surface area contributed by atoms with Crippen molar-refractivity contribution in [3.05, 3.63) is 59.2 Å². The average molecular weight is 335 g/mol. The SMILES string of the molecule is c1ccc([C@H]2CCN(C[C@@H]3CCCc4c3ccc3c4OCO3)C2)cc1.